The molecule has 0 unspecified atom stereocenters. The number of nitrogens with one attached hydrogen (secondary N) is 3. The highest BCUT2D eigenvalue weighted by atomic mass is 79.9. The molecule has 0 atom stereocenters. The molecule has 0 saturated heterocycles. The maximum atomic E-state index is 12.0. The lowest BCUT2D eigenvalue weighted by molar-refractivity contribution is -0.116. The molecule has 2 aromatic carbocycles. The van der Waals surface area contributed by atoms with E-state index in [0.29, 0.717) is 23.7 Å². The first kappa shape index (κ1) is 19.1. The van der Waals surface area contributed by atoms with Gasteiger partial charge in [-0.2, -0.15) is 0 Å². The quantitative estimate of drug-likeness (QED) is 0.493. The van der Waals surface area contributed by atoms with E-state index in [9.17, 15) is 9.59 Å². The number of hydrogen-bond acceptors (Lipinski definition) is 4. The zero-order valence-corrected chi connectivity index (χ0v) is 16.6. The maximum absolute atomic E-state index is 12.0. The Morgan fingerprint density at radius 2 is 1.63 bits per heavy atom. The molecule has 8 heteroatoms. The number of thiazole rings is 1. The molecule has 6 nitrogen and oxygen atoms in total. The highest BCUT2D eigenvalue weighted by molar-refractivity contribution is 9.10. The summed E-state index contributed by atoms with van der Waals surface area (Å²) in [6.07, 6.45) is 0.816. The molecule has 0 spiro atoms. The minimum absolute atomic E-state index is 0.0818. The van der Waals surface area contributed by atoms with E-state index in [4.69, 9.17) is 0 Å². The van der Waals surface area contributed by atoms with Crippen molar-refractivity contribution in [1.82, 2.24) is 4.98 Å². The molecule has 138 valence electrons. The van der Waals surface area contributed by atoms with E-state index in [1.54, 1.807) is 12.1 Å². The Balaban J connectivity index is 1.45. The summed E-state index contributed by atoms with van der Waals surface area (Å²) in [5, 5.41) is 10.6. The van der Waals surface area contributed by atoms with Gasteiger partial charge in [0.15, 0.2) is 5.13 Å². The van der Waals surface area contributed by atoms with Crippen LogP contribution in [0.4, 0.5) is 21.3 Å². The summed E-state index contributed by atoms with van der Waals surface area (Å²) in [4.78, 5) is 28.3. The fourth-order valence-electron chi connectivity index (χ4n) is 2.26. The molecular weight excluding hydrogens is 428 g/mol. The zero-order chi connectivity index (χ0) is 19.1. The van der Waals surface area contributed by atoms with Crippen molar-refractivity contribution < 1.29 is 9.59 Å². The average molecular weight is 445 g/mol. The molecule has 1 aromatic heterocycles. The highest BCUT2D eigenvalue weighted by Gasteiger charge is 2.09. The molecule has 27 heavy (non-hydrogen) atoms. The Morgan fingerprint density at radius 3 is 2.37 bits per heavy atom. The summed E-state index contributed by atoms with van der Waals surface area (Å²) >= 11 is 4.68. The third-order valence-corrected chi connectivity index (χ3v) is 4.88. The summed E-state index contributed by atoms with van der Waals surface area (Å²) in [6, 6.07) is 16.2. The monoisotopic (exact) mass is 444 g/mol. The second-order valence-electron chi connectivity index (χ2n) is 5.64. The molecule has 0 radical (unpaired) electrons. The van der Waals surface area contributed by atoms with Gasteiger partial charge >= 0.3 is 6.03 Å². The van der Waals surface area contributed by atoms with Gasteiger partial charge in [-0.3, -0.25) is 10.1 Å². The molecule has 3 aromatic rings. The molecule has 0 aliphatic heterocycles. The third-order valence-electron chi connectivity index (χ3n) is 3.54. The van der Waals surface area contributed by atoms with Crippen molar-refractivity contribution in [3.05, 3.63) is 70.1 Å². The van der Waals surface area contributed by atoms with E-state index in [2.05, 4.69) is 36.9 Å². The number of aryl methyl sites for hydroxylation is 1. The van der Waals surface area contributed by atoms with Crippen LogP contribution in [0.3, 0.4) is 0 Å². The minimum atomic E-state index is -0.352. The molecule has 0 bridgehead atoms. The van der Waals surface area contributed by atoms with Crippen LogP contribution in [-0.2, 0) is 11.2 Å². The van der Waals surface area contributed by atoms with Crippen LogP contribution in [0, 0.1) is 0 Å². The number of nitrogens with zero attached hydrogens (tertiary/aromatic N) is 1. The number of carbonyl (C=O) groups is 2. The van der Waals surface area contributed by atoms with E-state index in [1.165, 1.54) is 11.3 Å². The van der Waals surface area contributed by atoms with E-state index < -0.39 is 0 Å². The number of halogens is 1. The predicted octanol–water partition coefficient (Wildman–Crippen LogP) is 5.12. The molecule has 3 amide bonds. The first-order chi connectivity index (χ1) is 13.1. The second-order valence-corrected chi connectivity index (χ2v) is 7.42. The van der Waals surface area contributed by atoms with Crippen molar-refractivity contribution in [1.29, 1.82) is 0 Å². The summed E-state index contributed by atoms with van der Waals surface area (Å²) in [6.45, 7) is 0. The van der Waals surface area contributed by atoms with Gasteiger partial charge in [0.1, 0.15) is 0 Å². The van der Waals surface area contributed by atoms with Gasteiger partial charge in [0, 0.05) is 27.6 Å². The smallest absolute Gasteiger partial charge is 0.325 e. The van der Waals surface area contributed by atoms with Gasteiger partial charge in [-0.05, 0) is 42.8 Å². The van der Waals surface area contributed by atoms with Gasteiger partial charge < -0.3 is 10.6 Å². The molecule has 1 heterocycles. The number of rotatable bonds is 6. The Labute approximate surface area is 169 Å². The number of hydrogen-bond donors (Lipinski definition) is 3. The molecule has 3 N–H and O–H groups in total. The summed E-state index contributed by atoms with van der Waals surface area (Å²) in [5.74, 6) is -0.0818. The SMILES string of the molecule is O=C(CCc1csc(NC(=O)Nc2ccccc2)n1)Nc1ccc(Br)cc1. The summed E-state index contributed by atoms with van der Waals surface area (Å²) < 4.78 is 0.958. The number of aromatic nitrogens is 1. The van der Waals surface area contributed by atoms with E-state index in [0.717, 1.165) is 15.9 Å². The maximum Gasteiger partial charge on any atom is 0.325 e. The van der Waals surface area contributed by atoms with Gasteiger partial charge in [-0.15, -0.1) is 11.3 Å². The first-order valence-electron chi connectivity index (χ1n) is 8.21. The molecule has 3 rings (SSSR count). The lowest BCUT2D eigenvalue weighted by atomic mass is 10.2. The van der Waals surface area contributed by atoms with Crippen LogP contribution in [0.2, 0.25) is 0 Å². The van der Waals surface area contributed by atoms with Crippen LogP contribution in [0.1, 0.15) is 12.1 Å². The van der Waals surface area contributed by atoms with Gasteiger partial charge in [-0.1, -0.05) is 34.1 Å². The number of benzene rings is 2. The standard InChI is InChI=1S/C19H17BrN4O2S/c20-13-6-8-15(9-7-13)21-17(25)11-10-16-12-27-19(23-16)24-18(26)22-14-4-2-1-3-5-14/h1-9,12H,10-11H2,(H,21,25)(H2,22,23,24,26). The Bertz CT molecular complexity index is 913. The van der Waals surface area contributed by atoms with Crippen LogP contribution >= 0.6 is 27.3 Å². The first-order valence-corrected chi connectivity index (χ1v) is 9.88. The number of para-hydroxylation sites is 1. The highest BCUT2D eigenvalue weighted by Crippen LogP contribution is 2.18. The van der Waals surface area contributed by atoms with E-state index in [-0.39, 0.29) is 11.9 Å². The molecule has 0 fully saturated rings. The zero-order valence-electron chi connectivity index (χ0n) is 14.2. The van der Waals surface area contributed by atoms with Crippen LogP contribution in [0.5, 0.6) is 0 Å². The second kappa shape index (κ2) is 9.29. The van der Waals surface area contributed by atoms with E-state index in [1.807, 2.05) is 47.8 Å². The van der Waals surface area contributed by atoms with Crippen molar-refractivity contribution >= 4 is 55.7 Å². The van der Waals surface area contributed by atoms with Crippen LogP contribution in [-0.4, -0.2) is 16.9 Å². The van der Waals surface area contributed by atoms with Gasteiger partial charge in [0.2, 0.25) is 5.91 Å². The van der Waals surface area contributed by atoms with Crippen molar-refractivity contribution in [3.8, 4) is 0 Å². The average Bonchev–Trinajstić information content (AvgIpc) is 3.10. The Morgan fingerprint density at radius 1 is 0.926 bits per heavy atom. The topological polar surface area (TPSA) is 83.1 Å². The van der Waals surface area contributed by atoms with Crippen LogP contribution in [0.25, 0.3) is 0 Å². The molecule has 0 saturated carbocycles. The molecular formula is C19H17BrN4O2S. The van der Waals surface area contributed by atoms with Gasteiger partial charge in [-0.25, -0.2) is 9.78 Å². The largest absolute Gasteiger partial charge is 0.326 e. The van der Waals surface area contributed by atoms with Crippen molar-refractivity contribution in [2.24, 2.45) is 0 Å². The van der Waals surface area contributed by atoms with Crippen molar-refractivity contribution in [2.75, 3.05) is 16.0 Å². The molecule has 0 aliphatic rings. The number of urea groups is 1. The normalized spacial score (nSPS) is 10.3. The fraction of sp³-hybridized carbons (Fsp3) is 0.105. The third kappa shape index (κ3) is 6.19. The summed E-state index contributed by atoms with van der Waals surface area (Å²) in [5.41, 5.74) is 2.22. The van der Waals surface area contributed by atoms with Crippen LogP contribution < -0.4 is 16.0 Å². The Hall–Kier alpha value is -2.71. The Kier molecular flexibility index (Phi) is 6.56. The number of amides is 3. The van der Waals surface area contributed by atoms with E-state index >= 15 is 0 Å². The van der Waals surface area contributed by atoms with Gasteiger partial charge in [0.25, 0.3) is 0 Å². The van der Waals surface area contributed by atoms with Crippen molar-refractivity contribution in [3.63, 3.8) is 0 Å². The fourth-order valence-corrected chi connectivity index (χ4v) is 3.26. The number of carbonyl (C=O) groups excluding carboxylic acids is 2. The predicted molar refractivity (Wildman–Crippen MR) is 112 cm³/mol. The number of anilines is 3. The summed E-state index contributed by atoms with van der Waals surface area (Å²) in [7, 11) is 0. The molecule has 0 aliphatic carbocycles. The van der Waals surface area contributed by atoms with Crippen molar-refractivity contribution in [2.45, 2.75) is 12.8 Å². The van der Waals surface area contributed by atoms with Crippen LogP contribution in [0.15, 0.2) is 64.5 Å². The lowest BCUT2D eigenvalue weighted by Crippen LogP contribution is -2.19. The minimum Gasteiger partial charge on any atom is -0.326 e. The van der Waals surface area contributed by atoms with Gasteiger partial charge in [0.05, 0.1) is 5.69 Å². The lowest BCUT2D eigenvalue weighted by Gasteiger charge is -2.05.